The summed E-state index contributed by atoms with van der Waals surface area (Å²) in [5.74, 6) is -0.164. The fourth-order valence-corrected chi connectivity index (χ4v) is 3.24. The maximum absolute atomic E-state index is 13.0. The first kappa shape index (κ1) is 13.7. The molecule has 2 aromatic rings. The largest absolute Gasteiger partial charge is 0.309 e. The lowest BCUT2D eigenvalue weighted by atomic mass is 10.1. The van der Waals surface area contributed by atoms with Gasteiger partial charge in [0.25, 0.3) is 0 Å². The van der Waals surface area contributed by atoms with E-state index in [-0.39, 0.29) is 5.82 Å². The van der Waals surface area contributed by atoms with Crippen molar-refractivity contribution in [2.24, 2.45) is 0 Å². The summed E-state index contributed by atoms with van der Waals surface area (Å²) in [6.07, 6.45) is 0.842. The fraction of sp³-hybridized carbons (Fsp3) is 0.286. The van der Waals surface area contributed by atoms with E-state index in [0.717, 1.165) is 22.3 Å². The van der Waals surface area contributed by atoms with Crippen LogP contribution in [0.1, 0.15) is 23.4 Å². The third kappa shape index (κ3) is 3.90. The summed E-state index contributed by atoms with van der Waals surface area (Å²) < 4.78 is 14.1. The van der Waals surface area contributed by atoms with Gasteiger partial charge in [0.15, 0.2) is 0 Å². The monoisotopic (exact) mass is 327 g/mol. The van der Waals surface area contributed by atoms with E-state index in [0.29, 0.717) is 6.04 Å². The molecule has 0 bridgehead atoms. The first-order valence-electron chi connectivity index (χ1n) is 5.88. The number of hydrogen-bond acceptors (Lipinski definition) is 2. The summed E-state index contributed by atoms with van der Waals surface area (Å²) in [6.45, 7) is 2.99. The smallest absolute Gasteiger partial charge is 0.123 e. The first-order valence-corrected chi connectivity index (χ1v) is 7.49. The van der Waals surface area contributed by atoms with Crippen LogP contribution in [0.5, 0.6) is 0 Å². The SMILES string of the molecule is CC(NCCc1cccc(F)c1)c1ccc(Br)s1. The Labute approximate surface area is 119 Å². The molecule has 1 aromatic carbocycles. The molecular formula is C14H15BrFNS. The van der Waals surface area contributed by atoms with Crippen molar-refractivity contribution >= 4 is 27.3 Å². The molecule has 1 atom stereocenters. The fourth-order valence-electron chi connectivity index (χ4n) is 1.79. The molecule has 96 valence electrons. The molecule has 0 aliphatic rings. The number of halogens is 2. The van der Waals surface area contributed by atoms with Gasteiger partial charge in [-0.15, -0.1) is 11.3 Å². The molecule has 0 fully saturated rings. The Morgan fingerprint density at radius 2 is 2.17 bits per heavy atom. The zero-order chi connectivity index (χ0) is 13.0. The first-order chi connectivity index (χ1) is 8.65. The molecule has 1 unspecified atom stereocenters. The molecule has 0 aliphatic heterocycles. The van der Waals surface area contributed by atoms with E-state index in [9.17, 15) is 4.39 Å². The second-order valence-electron chi connectivity index (χ2n) is 4.20. The second kappa shape index (κ2) is 6.45. The van der Waals surface area contributed by atoms with Gasteiger partial charge in [0.2, 0.25) is 0 Å². The van der Waals surface area contributed by atoms with Crippen LogP contribution in [0.15, 0.2) is 40.2 Å². The quantitative estimate of drug-likeness (QED) is 0.849. The summed E-state index contributed by atoms with van der Waals surface area (Å²) in [7, 11) is 0. The highest BCUT2D eigenvalue weighted by molar-refractivity contribution is 9.11. The summed E-state index contributed by atoms with van der Waals surface area (Å²) in [5.41, 5.74) is 1.03. The van der Waals surface area contributed by atoms with E-state index in [2.05, 4.69) is 40.3 Å². The van der Waals surface area contributed by atoms with E-state index in [1.165, 1.54) is 10.9 Å². The number of hydrogen-bond donors (Lipinski definition) is 1. The average molecular weight is 328 g/mol. The van der Waals surface area contributed by atoms with Gasteiger partial charge in [-0.1, -0.05) is 12.1 Å². The molecule has 1 nitrogen and oxygen atoms in total. The van der Waals surface area contributed by atoms with Gasteiger partial charge in [0, 0.05) is 10.9 Å². The highest BCUT2D eigenvalue weighted by atomic mass is 79.9. The minimum atomic E-state index is -0.164. The van der Waals surface area contributed by atoms with E-state index >= 15 is 0 Å². The molecular weight excluding hydrogens is 313 g/mol. The van der Waals surface area contributed by atoms with E-state index < -0.39 is 0 Å². The van der Waals surface area contributed by atoms with Crippen LogP contribution in [0.3, 0.4) is 0 Å². The van der Waals surface area contributed by atoms with Crippen LogP contribution < -0.4 is 5.32 Å². The van der Waals surface area contributed by atoms with E-state index in [1.807, 2.05) is 6.07 Å². The van der Waals surface area contributed by atoms with Crippen molar-refractivity contribution in [2.45, 2.75) is 19.4 Å². The van der Waals surface area contributed by atoms with Gasteiger partial charge < -0.3 is 5.32 Å². The average Bonchev–Trinajstić information content (AvgIpc) is 2.76. The van der Waals surface area contributed by atoms with Crippen molar-refractivity contribution in [3.8, 4) is 0 Å². The lowest BCUT2D eigenvalue weighted by Gasteiger charge is -2.11. The summed E-state index contributed by atoms with van der Waals surface area (Å²) in [5, 5.41) is 3.45. The van der Waals surface area contributed by atoms with Gasteiger partial charge in [0.05, 0.1) is 3.79 Å². The van der Waals surface area contributed by atoms with Gasteiger partial charge in [-0.2, -0.15) is 0 Å². The highest BCUT2D eigenvalue weighted by Gasteiger charge is 2.07. The van der Waals surface area contributed by atoms with Gasteiger partial charge in [-0.25, -0.2) is 4.39 Å². The molecule has 18 heavy (non-hydrogen) atoms. The zero-order valence-corrected chi connectivity index (χ0v) is 12.5. The Morgan fingerprint density at radius 1 is 1.33 bits per heavy atom. The molecule has 0 amide bonds. The van der Waals surface area contributed by atoms with Crippen molar-refractivity contribution in [3.63, 3.8) is 0 Å². The van der Waals surface area contributed by atoms with Crippen molar-refractivity contribution in [2.75, 3.05) is 6.54 Å². The third-order valence-electron chi connectivity index (χ3n) is 2.77. The van der Waals surface area contributed by atoms with Crippen molar-refractivity contribution in [1.29, 1.82) is 0 Å². The maximum atomic E-state index is 13.0. The van der Waals surface area contributed by atoms with Crippen LogP contribution in [-0.4, -0.2) is 6.54 Å². The summed E-state index contributed by atoms with van der Waals surface area (Å²) in [4.78, 5) is 1.31. The number of benzene rings is 1. The van der Waals surface area contributed by atoms with Crippen LogP contribution in [0.2, 0.25) is 0 Å². The predicted molar refractivity (Wildman–Crippen MR) is 78.5 cm³/mol. The minimum absolute atomic E-state index is 0.164. The van der Waals surface area contributed by atoms with Gasteiger partial charge in [-0.3, -0.25) is 0 Å². The lowest BCUT2D eigenvalue weighted by molar-refractivity contribution is 0.581. The van der Waals surface area contributed by atoms with Crippen molar-refractivity contribution in [1.82, 2.24) is 5.32 Å². The van der Waals surface area contributed by atoms with Gasteiger partial charge in [0.1, 0.15) is 5.82 Å². The van der Waals surface area contributed by atoms with E-state index in [1.54, 1.807) is 23.5 Å². The van der Waals surface area contributed by atoms with E-state index in [4.69, 9.17) is 0 Å². The molecule has 0 aliphatic carbocycles. The van der Waals surface area contributed by atoms with Crippen LogP contribution in [-0.2, 0) is 6.42 Å². The zero-order valence-electron chi connectivity index (χ0n) is 10.1. The van der Waals surface area contributed by atoms with Crippen LogP contribution in [0.25, 0.3) is 0 Å². The molecule has 0 saturated carbocycles. The Kier molecular flexibility index (Phi) is 4.92. The third-order valence-corrected chi connectivity index (χ3v) is 4.58. The highest BCUT2D eigenvalue weighted by Crippen LogP contribution is 2.26. The molecule has 1 aromatic heterocycles. The lowest BCUT2D eigenvalue weighted by Crippen LogP contribution is -2.20. The topological polar surface area (TPSA) is 12.0 Å². The van der Waals surface area contributed by atoms with Crippen LogP contribution in [0.4, 0.5) is 4.39 Å². The van der Waals surface area contributed by atoms with Crippen molar-refractivity contribution < 1.29 is 4.39 Å². The van der Waals surface area contributed by atoms with Crippen LogP contribution >= 0.6 is 27.3 Å². The van der Waals surface area contributed by atoms with Crippen LogP contribution in [0, 0.1) is 5.82 Å². The molecule has 1 heterocycles. The summed E-state index contributed by atoms with van der Waals surface area (Å²) in [6, 6.07) is 11.3. The molecule has 0 saturated heterocycles. The Morgan fingerprint density at radius 3 is 2.83 bits per heavy atom. The predicted octanol–water partition coefficient (Wildman–Crippen LogP) is 4.54. The molecule has 0 radical (unpaired) electrons. The molecule has 2 rings (SSSR count). The minimum Gasteiger partial charge on any atom is -0.309 e. The van der Waals surface area contributed by atoms with Gasteiger partial charge in [-0.05, 0) is 65.6 Å². The number of nitrogens with one attached hydrogen (secondary N) is 1. The number of thiophene rings is 1. The molecule has 0 spiro atoms. The second-order valence-corrected chi connectivity index (χ2v) is 6.69. The normalized spacial score (nSPS) is 12.6. The number of rotatable bonds is 5. The maximum Gasteiger partial charge on any atom is 0.123 e. The Bertz CT molecular complexity index is 512. The Balaban J connectivity index is 1.82. The standard InChI is InChI=1S/C14H15BrFNS/c1-10(13-5-6-14(15)18-13)17-8-7-11-3-2-4-12(16)9-11/h2-6,9-10,17H,7-8H2,1H3. The van der Waals surface area contributed by atoms with Crippen molar-refractivity contribution in [3.05, 3.63) is 56.4 Å². The van der Waals surface area contributed by atoms with Gasteiger partial charge >= 0.3 is 0 Å². The molecule has 1 N–H and O–H groups in total. The molecule has 4 heteroatoms. The Hall–Kier alpha value is -0.710. The summed E-state index contributed by atoms with van der Waals surface area (Å²) >= 11 is 5.20.